The van der Waals surface area contributed by atoms with Crippen molar-refractivity contribution in [2.75, 3.05) is 30.5 Å². The lowest BCUT2D eigenvalue weighted by Gasteiger charge is -2.49. The van der Waals surface area contributed by atoms with Crippen LogP contribution in [-0.4, -0.2) is 57.5 Å². The maximum absolute atomic E-state index is 15.2. The topological polar surface area (TPSA) is 48.6 Å². The number of rotatable bonds is 9. The van der Waals surface area contributed by atoms with Crippen molar-refractivity contribution in [1.29, 1.82) is 0 Å². The van der Waals surface area contributed by atoms with Gasteiger partial charge in [0.1, 0.15) is 11.6 Å². The predicted molar refractivity (Wildman–Crippen MR) is 145 cm³/mol. The average molecular weight is 582 g/mol. The van der Waals surface area contributed by atoms with Gasteiger partial charge in [-0.1, -0.05) is 24.2 Å². The second-order valence-corrected chi connectivity index (χ2v) is 11.5. The molecule has 0 N–H and O–H groups in total. The van der Waals surface area contributed by atoms with Crippen LogP contribution in [0.25, 0.3) is 11.5 Å². The standard InChI is InChI=1S/C27H28ClF4N5OS/c1-16(2)36-14-20(15-36)35-9-7-21(8-10-35)39-37(19-5-6-23(29)22(28)12-19)13-18-4-3-17(11-24(18)30)26-33-34-27(38-26)25(31)32/h3-6,11-12,20-21,25H,1,7-10,13-15H2,2H3. The molecule has 2 aliphatic heterocycles. The Kier molecular flexibility index (Phi) is 8.39. The summed E-state index contributed by atoms with van der Waals surface area (Å²) >= 11 is 7.68. The summed E-state index contributed by atoms with van der Waals surface area (Å²) in [4.78, 5) is 4.80. The first kappa shape index (κ1) is 27.8. The summed E-state index contributed by atoms with van der Waals surface area (Å²) in [6.45, 7) is 10.2. The SMILES string of the molecule is C=C(C)N1CC(N2CCC(SN(Cc3ccc(-c4nnc(C(F)F)o4)cc3F)c3ccc(F)c(Cl)c3)CC2)C1. The van der Waals surface area contributed by atoms with Gasteiger partial charge in [0, 0.05) is 46.9 Å². The van der Waals surface area contributed by atoms with Crippen molar-refractivity contribution >= 4 is 29.2 Å². The Morgan fingerprint density at radius 3 is 2.49 bits per heavy atom. The minimum Gasteiger partial charge on any atom is -0.415 e. The molecular formula is C27H28ClF4N5OS. The molecule has 0 radical (unpaired) electrons. The van der Waals surface area contributed by atoms with Crippen LogP contribution in [0.1, 0.15) is 37.6 Å². The monoisotopic (exact) mass is 581 g/mol. The normalized spacial score (nSPS) is 17.1. The van der Waals surface area contributed by atoms with Crippen molar-refractivity contribution < 1.29 is 22.0 Å². The first-order valence-electron chi connectivity index (χ1n) is 12.6. The molecule has 3 heterocycles. The maximum Gasteiger partial charge on any atom is 0.314 e. The molecule has 0 amide bonds. The Balaban J connectivity index is 1.28. The highest BCUT2D eigenvalue weighted by Crippen LogP contribution is 2.36. The van der Waals surface area contributed by atoms with E-state index < -0.39 is 24.0 Å². The van der Waals surface area contributed by atoms with Gasteiger partial charge in [-0.2, -0.15) is 8.78 Å². The van der Waals surface area contributed by atoms with E-state index in [1.165, 1.54) is 18.2 Å². The van der Waals surface area contributed by atoms with Crippen molar-refractivity contribution in [3.8, 4) is 11.5 Å². The smallest absolute Gasteiger partial charge is 0.314 e. The van der Waals surface area contributed by atoms with E-state index in [0.717, 1.165) is 44.7 Å². The van der Waals surface area contributed by atoms with Crippen LogP contribution >= 0.6 is 23.5 Å². The summed E-state index contributed by atoms with van der Waals surface area (Å²) in [6.07, 6.45) is -0.981. The van der Waals surface area contributed by atoms with Gasteiger partial charge in [-0.15, -0.1) is 10.2 Å². The third kappa shape index (κ3) is 6.36. The Bertz CT molecular complexity index is 1330. The number of anilines is 1. The van der Waals surface area contributed by atoms with Crippen molar-refractivity contribution in [1.82, 2.24) is 20.0 Å². The van der Waals surface area contributed by atoms with E-state index in [1.807, 2.05) is 11.2 Å². The number of halogens is 5. The fraction of sp³-hybridized carbons (Fsp3) is 0.407. The van der Waals surface area contributed by atoms with Crippen LogP contribution in [0.3, 0.4) is 0 Å². The van der Waals surface area contributed by atoms with Gasteiger partial charge in [0.2, 0.25) is 5.89 Å². The Morgan fingerprint density at radius 2 is 1.87 bits per heavy atom. The molecule has 2 aromatic carbocycles. The zero-order valence-electron chi connectivity index (χ0n) is 21.3. The minimum atomic E-state index is -2.91. The highest BCUT2D eigenvalue weighted by atomic mass is 35.5. The lowest BCUT2D eigenvalue weighted by atomic mass is 10.0. The van der Waals surface area contributed by atoms with Crippen LogP contribution in [0, 0.1) is 11.6 Å². The number of piperidine rings is 1. The number of likely N-dealkylation sites (tertiary alicyclic amines) is 2. The zero-order valence-corrected chi connectivity index (χ0v) is 22.9. The summed E-state index contributed by atoms with van der Waals surface area (Å²) in [5.74, 6) is -2.08. The number of allylic oxidation sites excluding steroid dienone is 1. The first-order valence-corrected chi connectivity index (χ1v) is 13.8. The highest BCUT2D eigenvalue weighted by Gasteiger charge is 2.34. The van der Waals surface area contributed by atoms with E-state index in [0.29, 0.717) is 17.3 Å². The molecule has 2 fully saturated rings. The van der Waals surface area contributed by atoms with Gasteiger partial charge in [-0.3, -0.25) is 4.90 Å². The van der Waals surface area contributed by atoms with E-state index >= 15 is 4.39 Å². The van der Waals surface area contributed by atoms with Gasteiger partial charge in [0.05, 0.1) is 11.6 Å². The summed E-state index contributed by atoms with van der Waals surface area (Å²) in [7, 11) is 0. The van der Waals surface area contributed by atoms with Crippen LogP contribution in [0.2, 0.25) is 5.02 Å². The zero-order chi connectivity index (χ0) is 27.7. The van der Waals surface area contributed by atoms with Gasteiger partial charge in [-0.05, 0) is 75.1 Å². The van der Waals surface area contributed by atoms with Crippen LogP contribution in [0.4, 0.5) is 23.2 Å². The summed E-state index contributed by atoms with van der Waals surface area (Å²) < 4.78 is 61.6. The molecule has 6 nitrogen and oxygen atoms in total. The molecule has 2 saturated heterocycles. The summed E-state index contributed by atoms with van der Waals surface area (Å²) in [5, 5.41) is 7.16. The number of hydrogen-bond donors (Lipinski definition) is 0. The van der Waals surface area contributed by atoms with E-state index in [9.17, 15) is 13.2 Å². The van der Waals surface area contributed by atoms with Gasteiger partial charge >= 0.3 is 6.43 Å². The molecule has 0 saturated carbocycles. The number of aromatic nitrogens is 2. The lowest BCUT2D eigenvalue weighted by Crippen LogP contribution is -2.60. The fourth-order valence-electron chi connectivity index (χ4n) is 4.76. The Labute approximate surface area is 233 Å². The molecule has 5 rings (SSSR count). The summed E-state index contributed by atoms with van der Waals surface area (Å²) in [5.41, 5.74) is 2.33. The average Bonchev–Trinajstić information content (AvgIpc) is 3.37. The van der Waals surface area contributed by atoms with Crippen molar-refractivity contribution in [3.63, 3.8) is 0 Å². The van der Waals surface area contributed by atoms with Crippen LogP contribution in [0.15, 0.2) is 53.1 Å². The number of benzene rings is 2. The second-order valence-electron chi connectivity index (χ2n) is 9.82. The molecule has 208 valence electrons. The molecule has 0 atom stereocenters. The molecule has 12 heteroatoms. The molecule has 1 aromatic heterocycles. The molecule has 0 unspecified atom stereocenters. The molecule has 2 aliphatic rings. The van der Waals surface area contributed by atoms with E-state index in [2.05, 4.69) is 26.6 Å². The second kappa shape index (κ2) is 11.8. The largest absolute Gasteiger partial charge is 0.415 e. The Hall–Kier alpha value is -2.76. The van der Waals surface area contributed by atoms with Crippen molar-refractivity contribution in [2.24, 2.45) is 0 Å². The predicted octanol–water partition coefficient (Wildman–Crippen LogP) is 6.94. The van der Waals surface area contributed by atoms with Crippen LogP contribution in [0.5, 0.6) is 0 Å². The van der Waals surface area contributed by atoms with Gasteiger partial charge in [0.25, 0.3) is 5.89 Å². The molecule has 3 aromatic rings. The van der Waals surface area contributed by atoms with Crippen LogP contribution in [-0.2, 0) is 6.54 Å². The van der Waals surface area contributed by atoms with Crippen molar-refractivity contribution in [2.45, 2.75) is 44.0 Å². The fourth-order valence-corrected chi connectivity index (χ4v) is 6.16. The quantitative estimate of drug-likeness (QED) is 0.200. The van der Waals surface area contributed by atoms with E-state index in [4.69, 9.17) is 16.0 Å². The molecule has 0 aliphatic carbocycles. The first-order chi connectivity index (χ1) is 18.7. The van der Waals surface area contributed by atoms with Gasteiger partial charge in [0.15, 0.2) is 0 Å². The number of alkyl halides is 2. The minimum absolute atomic E-state index is 0.0120. The highest BCUT2D eigenvalue weighted by molar-refractivity contribution is 8.01. The maximum atomic E-state index is 15.2. The molecule has 0 bridgehead atoms. The number of hydrogen-bond acceptors (Lipinski definition) is 7. The Morgan fingerprint density at radius 1 is 1.13 bits per heavy atom. The van der Waals surface area contributed by atoms with Gasteiger partial charge in [-0.25, -0.2) is 8.78 Å². The van der Waals surface area contributed by atoms with E-state index in [1.54, 1.807) is 30.1 Å². The van der Waals surface area contributed by atoms with Crippen molar-refractivity contribution in [3.05, 3.63) is 76.8 Å². The van der Waals surface area contributed by atoms with Gasteiger partial charge < -0.3 is 13.6 Å². The molecule has 0 spiro atoms. The van der Waals surface area contributed by atoms with Crippen LogP contribution < -0.4 is 4.31 Å². The molecular weight excluding hydrogens is 554 g/mol. The third-order valence-electron chi connectivity index (χ3n) is 7.10. The summed E-state index contributed by atoms with van der Waals surface area (Å²) in [6, 6.07) is 9.30. The van der Waals surface area contributed by atoms with E-state index in [-0.39, 0.29) is 28.3 Å². The lowest BCUT2D eigenvalue weighted by molar-refractivity contribution is 0.0463. The number of nitrogens with zero attached hydrogens (tertiary/aromatic N) is 5. The third-order valence-corrected chi connectivity index (χ3v) is 8.76. The molecule has 39 heavy (non-hydrogen) atoms.